The van der Waals surface area contributed by atoms with Gasteiger partial charge in [0.2, 0.25) is 5.78 Å². The first-order valence-electron chi connectivity index (χ1n) is 10.2. The minimum absolute atomic E-state index is 0.115. The Morgan fingerprint density at radius 2 is 1.72 bits per heavy atom. The highest BCUT2D eigenvalue weighted by Crippen LogP contribution is 2.27. The smallest absolute Gasteiger partial charge is 0.267 e. The second-order valence-electron chi connectivity index (χ2n) is 7.62. The Balaban J connectivity index is 1.73. The maximum absolute atomic E-state index is 13.6. The van der Waals surface area contributed by atoms with Crippen molar-refractivity contribution < 1.29 is 0 Å². The Hall–Kier alpha value is -3.89. The summed E-state index contributed by atoms with van der Waals surface area (Å²) >= 11 is 1.53. The fraction of sp³-hybridized carbons (Fsp3) is 0.120. The number of aromatic nitrogens is 4. The molecular formula is C25H19N5OS. The lowest BCUT2D eigenvalue weighted by Crippen LogP contribution is -2.23. The van der Waals surface area contributed by atoms with Crippen LogP contribution in [0.25, 0.3) is 22.4 Å². The van der Waals surface area contributed by atoms with Crippen molar-refractivity contribution in [3.63, 3.8) is 0 Å². The molecule has 2 aromatic heterocycles. The molecule has 156 valence electrons. The van der Waals surface area contributed by atoms with Crippen molar-refractivity contribution in [2.45, 2.75) is 24.8 Å². The molecule has 0 fully saturated rings. The summed E-state index contributed by atoms with van der Waals surface area (Å²) in [4.78, 5) is 13.6. The minimum atomic E-state index is -0.115. The van der Waals surface area contributed by atoms with Gasteiger partial charge in [-0.15, -0.1) is 10.2 Å². The molecule has 0 unspecified atom stereocenters. The molecule has 0 spiro atoms. The monoisotopic (exact) mass is 437 g/mol. The van der Waals surface area contributed by atoms with Crippen molar-refractivity contribution in [3.05, 3.63) is 99.3 Å². The fourth-order valence-electron chi connectivity index (χ4n) is 4.01. The summed E-state index contributed by atoms with van der Waals surface area (Å²) in [5.41, 5.74) is 5.13. The summed E-state index contributed by atoms with van der Waals surface area (Å²) < 4.78 is 3.61. The quantitative estimate of drug-likeness (QED) is 0.377. The Morgan fingerprint density at radius 3 is 2.50 bits per heavy atom. The molecule has 0 radical (unpaired) electrons. The van der Waals surface area contributed by atoms with Crippen LogP contribution >= 0.6 is 11.8 Å². The van der Waals surface area contributed by atoms with E-state index in [0.29, 0.717) is 27.6 Å². The van der Waals surface area contributed by atoms with Crippen molar-refractivity contribution in [1.82, 2.24) is 19.2 Å². The largest absolute Gasteiger partial charge is 0.268 e. The van der Waals surface area contributed by atoms with E-state index in [2.05, 4.69) is 16.3 Å². The molecule has 0 saturated heterocycles. The van der Waals surface area contributed by atoms with Crippen LogP contribution < -0.4 is 5.56 Å². The molecule has 3 aromatic carbocycles. The van der Waals surface area contributed by atoms with E-state index in [1.165, 1.54) is 11.8 Å². The van der Waals surface area contributed by atoms with Crippen LogP contribution in [0, 0.1) is 25.2 Å². The lowest BCUT2D eigenvalue weighted by atomic mass is 10.1. The summed E-state index contributed by atoms with van der Waals surface area (Å²) in [6.45, 7) is 3.99. The fourth-order valence-corrected chi connectivity index (χ4v) is 4.89. The Morgan fingerprint density at radius 1 is 0.969 bits per heavy atom. The molecule has 7 heteroatoms. The number of hydrogen-bond donors (Lipinski definition) is 0. The second kappa shape index (κ2) is 7.98. The van der Waals surface area contributed by atoms with E-state index < -0.39 is 0 Å². The number of rotatable bonds is 4. The van der Waals surface area contributed by atoms with Crippen LogP contribution in [0.2, 0.25) is 0 Å². The molecule has 0 bridgehead atoms. The molecule has 0 atom stereocenters. The second-order valence-corrected chi connectivity index (χ2v) is 8.56. The van der Waals surface area contributed by atoms with Gasteiger partial charge in [0.15, 0.2) is 5.16 Å². The number of thioether (sulfide) groups is 1. The average Bonchev–Trinajstić information content (AvgIpc) is 3.23. The number of aryl methyl sites for hydroxylation is 2. The van der Waals surface area contributed by atoms with Gasteiger partial charge in [0, 0.05) is 5.75 Å². The van der Waals surface area contributed by atoms with E-state index in [0.717, 1.165) is 27.9 Å². The Labute approximate surface area is 188 Å². The number of para-hydroxylation sites is 2. The Kier molecular flexibility index (Phi) is 5.00. The first-order chi connectivity index (χ1) is 15.6. The first kappa shape index (κ1) is 20.0. The van der Waals surface area contributed by atoms with Crippen LogP contribution in [-0.2, 0) is 5.75 Å². The number of benzene rings is 3. The van der Waals surface area contributed by atoms with Crippen molar-refractivity contribution in [1.29, 1.82) is 5.26 Å². The van der Waals surface area contributed by atoms with Gasteiger partial charge in [0.25, 0.3) is 5.56 Å². The third kappa shape index (κ3) is 3.26. The summed E-state index contributed by atoms with van der Waals surface area (Å²) in [6, 6.07) is 23.2. The summed E-state index contributed by atoms with van der Waals surface area (Å²) in [7, 11) is 0. The predicted octanol–water partition coefficient (Wildman–Crippen LogP) is 4.81. The van der Waals surface area contributed by atoms with Gasteiger partial charge in [0.05, 0.1) is 28.2 Å². The maximum Gasteiger partial charge on any atom is 0.267 e. The summed E-state index contributed by atoms with van der Waals surface area (Å²) in [6.07, 6.45) is 0. The van der Waals surface area contributed by atoms with Crippen LogP contribution in [0.3, 0.4) is 0 Å². The van der Waals surface area contributed by atoms with Gasteiger partial charge in [-0.05, 0) is 54.8 Å². The minimum Gasteiger partial charge on any atom is -0.268 e. The molecule has 0 aliphatic rings. The highest BCUT2D eigenvalue weighted by atomic mass is 32.2. The average molecular weight is 438 g/mol. The number of nitriles is 1. The standard InChI is InChI=1S/C25H19N5OS/c1-16-7-5-8-17(2)22(16)30-23(31)20-11-3-4-12-21(20)29-24(30)27-28-25(29)32-15-19-10-6-9-18(13-19)14-26/h3-13H,15H2,1-2H3. The van der Waals surface area contributed by atoms with Crippen LogP contribution in [0.15, 0.2) is 76.7 Å². The number of nitrogens with zero attached hydrogens (tertiary/aromatic N) is 5. The molecule has 5 rings (SSSR count). The van der Waals surface area contributed by atoms with Gasteiger partial charge in [-0.2, -0.15) is 5.26 Å². The van der Waals surface area contributed by atoms with Gasteiger partial charge >= 0.3 is 0 Å². The zero-order valence-corrected chi connectivity index (χ0v) is 18.4. The Bertz CT molecular complexity index is 1570. The lowest BCUT2D eigenvalue weighted by Gasteiger charge is -2.15. The number of hydrogen-bond acceptors (Lipinski definition) is 5. The topological polar surface area (TPSA) is 76.0 Å². The van der Waals surface area contributed by atoms with Crippen molar-refractivity contribution in [3.8, 4) is 11.8 Å². The molecular weight excluding hydrogens is 418 g/mol. The van der Waals surface area contributed by atoms with Gasteiger partial charge in [-0.3, -0.25) is 9.20 Å². The maximum atomic E-state index is 13.6. The molecule has 0 N–H and O–H groups in total. The molecule has 0 saturated carbocycles. The predicted molar refractivity (Wildman–Crippen MR) is 126 cm³/mol. The van der Waals surface area contributed by atoms with Crippen LogP contribution in [-0.4, -0.2) is 19.2 Å². The number of fused-ring (bicyclic) bond motifs is 3. The van der Waals surface area contributed by atoms with Crippen LogP contribution in [0.4, 0.5) is 0 Å². The third-order valence-corrected chi connectivity index (χ3v) is 6.48. The van der Waals surface area contributed by atoms with Crippen molar-refractivity contribution in [2.75, 3.05) is 0 Å². The zero-order chi connectivity index (χ0) is 22.2. The highest BCUT2D eigenvalue weighted by molar-refractivity contribution is 7.98. The SMILES string of the molecule is Cc1cccc(C)c1-n1c(=O)c2ccccc2n2c(SCc3cccc(C#N)c3)nnc12. The van der Waals surface area contributed by atoms with E-state index in [4.69, 9.17) is 5.26 Å². The van der Waals surface area contributed by atoms with Crippen molar-refractivity contribution >= 4 is 28.4 Å². The summed E-state index contributed by atoms with van der Waals surface area (Å²) in [5, 5.41) is 19.3. The van der Waals surface area contributed by atoms with Crippen molar-refractivity contribution in [2.24, 2.45) is 0 Å². The van der Waals surface area contributed by atoms with Gasteiger partial charge < -0.3 is 0 Å². The summed E-state index contributed by atoms with van der Waals surface area (Å²) in [5.74, 6) is 1.12. The molecule has 0 aliphatic heterocycles. The van der Waals surface area contributed by atoms with Crippen LogP contribution in [0.5, 0.6) is 0 Å². The molecule has 32 heavy (non-hydrogen) atoms. The van der Waals surface area contributed by atoms with Gasteiger partial charge in [-0.25, -0.2) is 4.57 Å². The normalized spacial score (nSPS) is 11.2. The molecule has 5 aromatic rings. The van der Waals surface area contributed by atoms with Gasteiger partial charge in [0.1, 0.15) is 0 Å². The lowest BCUT2D eigenvalue weighted by molar-refractivity contribution is 0.925. The molecule has 0 aliphatic carbocycles. The van der Waals surface area contributed by atoms with Gasteiger partial charge in [-0.1, -0.05) is 54.2 Å². The van der Waals surface area contributed by atoms with E-state index in [9.17, 15) is 4.79 Å². The molecule has 2 heterocycles. The highest BCUT2D eigenvalue weighted by Gasteiger charge is 2.19. The third-order valence-electron chi connectivity index (χ3n) is 5.48. The van der Waals surface area contributed by atoms with E-state index >= 15 is 0 Å². The van der Waals surface area contributed by atoms with E-state index in [1.54, 1.807) is 10.6 Å². The first-order valence-corrected chi connectivity index (χ1v) is 11.1. The molecule has 0 amide bonds. The van der Waals surface area contributed by atoms with E-state index in [1.807, 2.05) is 78.9 Å². The molecule has 6 nitrogen and oxygen atoms in total. The zero-order valence-electron chi connectivity index (χ0n) is 17.6. The van der Waals surface area contributed by atoms with E-state index in [-0.39, 0.29) is 5.56 Å². The van der Waals surface area contributed by atoms with Crippen LogP contribution in [0.1, 0.15) is 22.3 Å².